The van der Waals surface area contributed by atoms with Crippen LogP contribution in [0.3, 0.4) is 0 Å². The van der Waals surface area contributed by atoms with Crippen molar-refractivity contribution in [2.24, 2.45) is 12.0 Å². The molecular weight excluding hydrogens is 465 g/mol. The molecule has 1 aliphatic rings. The quantitative estimate of drug-likeness (QED) is 0.404. The van der Waals surface area contributed by atoms with Crippen molar-refractivity contribution in [3.63, 3.8) is 0 Å². The molecule has 0 radical (unpaired) electrons. The van der Waals surface area contributed by atoms with Gasteiger partial charge in [0.2, 0.25) is 0 Å². The first-order valence-electron chi connectivity index (χ1n) is 8.41. The highest BCUT2D eigenvalue weighted by Crippen LogP contribution is 2.14. The van der Waals surface area contributed by atoms with Gasteiger partial charge in [0.1, 0.15) is 12.2 Å². The molecule has 0 amide bonds. The Labute approximate surface area is 176 Å². The third-order valence-electron chi connectivity index (χ3n) is 4.39. The lowest BCUT2D eigenvalue weighted by Gasteiger charge is -2.36. The van der Waals surface area contributed by atoms with Gasteiger partial charge in [-0.15, -0.1) is 24.0 Å². The second-order valence-electron chi connectivity index (χ2n) is 6.09. The van der Waals surface area contributed by atoms with Crippen molar-refractivity contribution in [3.8, 4) is 0 Å². The number of aromatic nitrogens is 3. The van der Waals surface area contributed by atoms with Gasteiger partial charge in [-0.2, -0.15) is 5.10 Å². The van der Waals surface area contributed by atoms with Gasteiger partial charge in [-0.1, -0.05) is 23.7 Å². The molecule has 2 heterocycles. The molecule has 0 spiro atoms. The number of halogens is 2. The van der Waals surface area contributed by atoms with E-state index in [0.717, 1.165) is 49.5 Å². The van der Waals surface area contributed by atoms with E-state index < -0.39 is 0 Å². The first-order chi connectivity index (χ1) is 12.2. The normalized spacial score (nSPS) is 15.7. The summed E-state index contributed by atoms with van der Waals surface area (Å²) in [6.45, 7) is 5.43. The molecule has 0 unspecified atom stereocenters. The number of nitrogens with one attached hydrogen (secondary N) is 1. The van der Waals surface area contributed by atoms with E-state index in [2.05, 4.69) is 36.3 Å². The summed E-state index contributed by atoms with van der Waals surface area (Å²) in [5.74, 6) is 1.80. The number of rotatable bonds is 4. The topological polar surface area (TPSA) is 61.6 Å². The van der Waals surface area contributed by atoms with Gasteiger partial charge in [0.15, 0.2) is 5.96 Å². The monoisotopic (exact) mass is 489 g/mol. The Hall–Kier alpha value is -1.39. The molecule has 7 nitrogen and oxygen atoms in total. The molecule has 1 aliphatic heterocycles. The Balaban J connectivity index is 0.00000243. The van der Waals surface area contributed by atoms with Crippen molar-refractivity contribution in [2.45, 2.75) is 13.1 Å². The van der Waals surface area contributed by atoms with Crippen LogP contribution in [0.25, 0.3) is 0 Å². The smallest absolute Gasteiger partial charge is 0.194 e. The van der Waals surface area contributed by atoms with Crippen LogP contribution in [0.2, 0.25) is 5.02 Å². The Bertz CT molecular complexity index is 725. The molecule has 1 aromatic heterocycles. The standard InChI is InChI=1S/C17H24ClN7.HI/c1-19-17(20-11-16-21-13-22-23(16)2)25-8-6-24(7-9-25)12-14-4-3-5-15(18)10-14;/h3-5,10,13H,6-9,11-12H2,1-2H3,(H,19,20);1H. The second-order valence-corrected chi connectivity index (χ2v) is 6.53. The van der Waals surface area contributed by atoms with Crippen molar-refractivity contribution in [3.05, 3.63) is 47.0 Å². The van der Waals surface area contributed by atoms with Gasteiger partial charge in [0, 0.05) is 51.8 Å². The predicted octanol–water partition coefficient (Wildman–Crippen LogP) is 1.98. The average molecular weight is 490 g/mol. The summed E-state index contributed by atoms with van der Waals surface area (Å²) in [4.78, 5) is 13.4. The molecule has 0 saturated carbocycles. The first-order valence-corrected chi connectivity index (χ1v) is 8.79. The molecule has 3 rings (SSSR count). The highest BCUT2D eigenvalue weighted by atomic mass is 127. The van der Waals surface area contributed by atoms with Gasteiger partial charge in [-0.3, -0.25) is 14.6 Å². The minimum atomic E-state index is 0. The maximum atomic E-state index is 6.07. The average Bonchev–Trinajstić information content (AvgIpc) is 3.02. The molecular formula is C17H25ClIN7. The highest BCUT2D eigenvalue weighted by molar-refractivity contribution is 14.0. The van der Waals surface area contributed by atoms with E-state index in [1.54, 1.807) is 11.0 Å². The van der Waals surface area contributed by atoms with E-state index >= 15 is 0 Å². The fourth-order valence-electron chi connectivity index (χ4n) is 2.98. The van der Waals surface area contributed by atoms with Gasteiger partial charge in [-0.25, -0.2) is 4.98 Å². The summed E-state index contributed by atoms with van der Waals surface area (Å²) in [7, 11) is 3.71. The number of piperazine rings is 1. The Kier molecular flexibility index (Phi) is 8.11. The zero-order valence-electron chi connectivity index (χ0n) is 15.1. The molecule has 1 N–H and O–H groups in total. The fourth-order valence-corrected chi connectivity index (χ4v) is 3.19. The third-order valence-corrected chi connectivity index (χ3v) is 4.62. The highest BCUT2D eigenvalue weighted by Gasteiger charge is 2.20. The molecule has 1 fully saturated rings. The minimum Gasteiger partial charge on any atom is -0.349 e. The number of aliphatic imine (C=N–C) groups is 1. The van der Waals surface area contributed by atoms with E-state index in [-0.39, 0.29) is 24.0 Å². The Morgan fingerprint density at radius 1 is 1.27 bits per heavy atom. The summed E-state index contributed by atoms with van der Waals surface area (Å²) < 4.78 is 1.77. The lowest BCUT2D eigenvalue weighted by atomic mass is 10.2. The molecule has 2 aromatic rings. The van der Waals surface area contributed by atoms with Crippen LogP contribution in [0.4, 0.5) is 0 Å². The molecule has 9 heteroatoms. The zero-order valence-corrected chi connectivity index (χ0v) is 18.2. The van der Waals surface area contributed by atoms with Gasteiger partial charge in [-0.05, 0) is 17.7 Å². The van der Waals surface area contributed by atoms with Crippen molar-refractivity contribution in [2.75, 3.05) is 33.2 Å². The van der Waals surface area contributed by atoms with Crippen LogP contribution in [0.15, 0.2) is 35.6 Å². The number of nitrogens with zero attached hydrogens (tertiary/aromatic N) is 6. The van der Waals surface area contributed by atoms with Crippen molar-refractivity contribution >= 4 is 41.5 Å². The van der Waals surface area contributed by atoms with Gasteiger partial charge >= 0.3 is 0 Å². The molecule has 142 valence electrons. The molecule has 26 heavy (non-hydrogen) atoms. The lowest BCUT2D eigenvalue weighted by molar-refractivity contribution is 0.172. The van der Waals surface area contributed by atoms with E-state index in [1.807, 2.05) is 32.3 Å². The number of hydrogen-bond acceptors (Lipinski definition) is 4. The van der Waals surface area contributed by atoms with Crippen LogP contribution < -0.4 is 5.32 Å². The summed E-state index contributed by atoms with van der Waals surface area (Å²) in [5.41, 5.74) is 1.26. The van der Waals surface area contributed by atoms with E-state index in [9.17, 15) is 0 Å². The molecule has 1 aromatic carbocycles. The molecule has 0 bridgehead atoms. The summed E-state index contributed by atoms with van der Waals surface area (Å²) in [6.07, 6.45) is 1.56. The van der Waals surface area contributed by atoms with E-state index in [1.165, 1.54) is 5.56 Å². The molecule has 1 saturated heterocycles. The Morgan fingerprint density at radius 2 is 2.04 bits per heavy atom. The molecule has 0 aliphatic carbocycles. The van der Waals surface area contributed by atoms with Crippen molar-refractivity contribution in [1.82, 2.24) is 29.9 Å². The van der Waals surface area contributed by atoms with E-state index in [0.29, 0.717) is 6.54 Å². The minimum absolute atomic E-state index is 0. The lowest BCUT2D eigenvalue weighted by Crippen LogP contribution is -2.52. The van der Waals surface area contributed by atoms with Crippen LogP contribution in [0.5, 0.6) is 0 Å². The maximum Gasteiger partial charge on any atom is 0.194 e. The summed E-state index contributed by atoms with van der Waals surface area (Å²) in [5, 5.41) is 8.25. The van der Waals surface area contributed by atoms with Gasteiger partial charge in [0.05, 0.1) is 6.54 Å². The fraction of sp³-hybridized carbons (Fsp3) is 0.471. The van der Waals surface area contributed by atoms with Crippen molar-refractivity contribution in [1.29, 1.82) is 0 Å². The number of benzene rings is 1. The largest absolute Gasteiger partial charge is 0.349 e. The third kappa shape index (κ3) is 5.55. The van der Waals surface area contributed by atoms with Crippen molar-refractivity contribution < 1.29 is 0 Å². The van der Waals surface area contributed by atoms with E-state index in [4.69, 9.17) is 11.6 Å². The summed E-state index contributed by atoms with van der Waals surface area (Å²) >= 11 is 6.07. The summed E-state index contributed by atoms with van der Waals surface area (Å²) in [6, 6.07) is 8.08. The molecule has 0 atom stereocenters. The van der Waals surface area contributed by atoms with Crippen LogP contribution in [0, 0.1) is 0 Å². The first kappa shape index (κ1) is 20.9. The van der Waals surface area contributed by atoms with Crippen LogP contribution >= 0.6 is 35.6 Å². The number of guanidine groups is 1. The maximum absolute atomic E-state index is 6.07. The number of aryl methyl sites for hydroxylation is 1. The van der Waals surface area contributed by atoms with Gasteiger partial charge < -0.3 is 10.2 Å². The zero-order chi connectivity index (χ0) is 17.6. The Morgan fingerprint density at radius 3 is 2.65 bits per heavy atom. The predicted molar refractivity (Wildman–Crippen MR) is 115 cm³/mol. The van der Waals surface area contributed by atoms with Gasteiger partial charge in [0.25, 0.3) is 0 Å². The number of hydrogen-bond donors (Lipinski definition) is 1. The van der Waals surface area contributed by atoms with Crippen LogP contribution in [-0.4, -0.2) is 63.8 Å². The second kappa shape index (κ2) is 10.1. The van der Waals surface area contributed by atoms with Crippen LogP contribution in [0.1, 0.15) is 11.4 Å². The van der Waals surface area contributed by atoms with Crippen LogP contribution in [-0.2, 0) is 20.1 Å². The SMILES string of the molecule is CN=C(NCc1ncnn1C)N1CCN(Cc2cccc(Cl)c2)CC1.I.